The normalized spacial score (nSPS) is 30.5. The fraction of sp³-hybridized carbons (Fsp3) is 0.435. The predicted molar refractivity (Wildman–Crippen MR) is 98.1 cm³/mol. The van der Waals surface area contributed by atoms with Crippen LogP contribution in [0.4, 0.5) is 0 Å². The minimum Gasteiger partial charge on any atom is -0.299 e. The van der Waals surface area contributed by atoms with E-state index in [0.717, 1.165) is 19.3 Å². The number of rotatable bonds is 2. The Labute approximate surface area is 143 Å². The Morgan fingerprint density at radius 2 is 2.08 bits per heavy atom. The van der Waals surface area contributed by atoms with Gasteiger partial charge in [0.05, 0.1) is 0 Å². The second-order valence-electron chi connectivity index (χ2n) is 8.13. The van der Waals surface area contributed by atoms with E-state index in [1.807, 2.05) is 0 Å². The van der Waals surface area contributed by atoms with Crippen LogP contribution >= 0.6 is 0 Å². The zero-order chi connectivity index (χ0) is 16.3. The van der Waals surface area contributed by atoms with Gasteiger partial charge in [-0.2, -0.15) is 0 Å². The highest BCUT2D eigenvalue weighted by Crippen LogP contribution is 2.56. The Hall–Kier alpha value is -1.89. The molecule has 2 aromatic rings. The van der Waals surface area contributed by atoms with Gasteiger partial charge in [-0.1, -0.05) is 55.8 Å². The van der Waals surface area contributed by atoms with Crippen molar-refractivity contribution in [2.75, 3.05) is 0 Å². The van der Waals surface area contributed by atoms with Gasteiger partial charge in [-0.15, -0.1) is 0 Å². The molecule has 24 heavy (non-hydrogen) atoms. The van der Waals surface area contributed by atoms with E-state index < -0.39 is 0 Å². The second-order valence-corrected chi connectivity index (χ2v) is 8.13. The average molecular weight is 316 g/mol. The third-order valence-corrected chi connectivity index (χ3v) is 6.73. The van der Waals surface area contributed by atoms with Crippen LogP contribution in [0.2, 0.25) is 0 Å². The monoisotopic (exact) mass is 316 g/mol. The number of carbonyl (C=O) groups excluding carboxylic acids is 1. The summed E-state index contributed by atoms with van der Waals surface area (Å²) in [5, 5.41) is 2.71. The standard InChI is InChI=1S/C23H24O/c1-2-4-16-5-3-6-17-10-18-12-22(24)23(14-19(18)11-21(16)17)13-15-7-8-20(23)9-15/h3,5-8,10-11,15,20H,2,4,9,12-14H2,1H3. The molecule has 2 bridgehead atoms. The Kier molecular flexibility index (Phi) is 3.04. The van der Waals surface area contributed by atoms with Gasteiger partial charge in [0.15, 0.2) is 0 Å². The highest BCUT2D eigenvalue weighted by Gasteiger charge is 2.54. The van der Waals surface area contributed by atoms with E-state index >= 15 is 0 Å². The third kappa shape index (κ3) is 1.90. The summed E-state index contributed by atoms with van der Waals surface area (Å²) in [4.78, 5) is 13.0. The molecule has 122 valence electrons. The minimum atomic E-state index is -0.0835. The van der Waals surface area contributed by atoms with Crippen LogP contribution in [0, 0.1) is 17.3 Å². The molecule has 3 atom stereocenters. The first-order valence-electron chi connectivity index (χ1n) is 9.44. The molecule has 1 heteroatoms. The van der Waals surface area contributed by atoms with Gasteiger partial charge in [-0.25, -0.2) is 0 Å². The van der Waals surface area contributed by atoms with Crippen molar-refractivity contribution >= 4 is 16.6 Å². The number of fused-ring (bicyclic) bond motifs is 5. The molecule has 3 aliphatic carbocycles. The lowest BCUT2D eigenvalue weighted by Crippen LogP contribution is -2.41. The van der Waals surface area contributed by atoms with Crippen molar-refractivity contribution < 1.29 is 4.79 Å². The van der Waals surface area contributed by atoms with Crippen molar-refractivity contribution in [3.8, 4) is 0 Å². The molecule has 1 fully saturated rings. The zero-order valence-electron chi connectivity index (χ0n) is 14.3. The molecule has 0 radical (unpaired) electrons. The summed E-state index contributed by atoms with van der Waals surface area (Å²) in [6.45, 7) is 2.24. The van der Waals surface area contributed by atoms with E-state index in [1.54, 1.807) is 0 Å². The summed E-state index contributed by atoms with van der Waals surface area (Å²) < 4.78 is 0. The molecule has 3 aliphatic rings. The first-order chi connectivity index (χ1) is 11.7. The number of ketones is 1. The number of carbonyl (C=O) groups is 1. The van der Waals surface area contributed by atoms with Crippen LogP contribution in [-0.2, 0) is 24.1 Å². The predicted octanol–water partition coefficient (Wildman–Crippen LogP) is 5.04. The first-order valence-corrected chi connectivity index (χ1v) is 9.44. The molecular formula is C23H24O. The van der Waals surface area contributed by atoms with Gasteiger partial charge in [0, 0.05) is 11.8 Å². The molecule has 0 N–H and O–H groups in total. The molecule has 0 saturated heterocycles. The second kappa shape index (κ2) is 5.05. The Balaban J connectivity index is 1.63. The van der Waals surface area contributed by atoms with Crippen molar-refractivity contribution in [1.29, 1.82) is 0 Å². The van der Waals surface area contributed by atoms with Crippen molar-refractivity contribution in [3.63, 3.8) is 0 Å². The first kappa shape index (κ1) is 14.5. The molecule has 0 heterocycles. The molecule has 0 amide bonds. The topological polar surface area (TPSA) is 17.1 Å². The van der Waals surface area contributed by atoms with Crippen LogP contribution in [0.15, 0.2) is 42.5 Å². The van der Waals surface area contributed by atoms with Gasteiger partial charge >= 0.3 is 0 Å². The van der Waals surface area contributed by atoms with E-state index in [-0.39, 0.29) is 5.41 Å². The number of allylic oxidation sites excluding steroid dienone is 2. The van der Waals surface area contributed by atoms with Crippen LogP contribution in [0.1, 0.15) is 42.9 Å². The molecule has 0 aliphatic heterocycles. The van der Waals surface area contributed by atoms with Gasteiger partial charge in [-0.3, -0.25) is 4.79 Å². The molecule has 5 rings (SSSR count). The van der Waals surface area contributed by atoms with Crippen molar-refractivity contribution in [2.45, 2.75) is 45.4 Å². The zero-order valence-corrected chi connectivity index (χ0v) is 14.3. The van der Waals surface area contributed by atoms with Crippen LogP contribution in [0.25, 0.3) is 10.8 Å². The fourth-order valence-electron chi connectivity index (χ4n) is 5.56. The van der Waals surface area contributed by atoms with Crippen LogP contribution in [0.5, 0.6) is 0 Å². The lowest BCUT2D eigenvalue weighted by atomic mass is 9.63. The van der Waals surface area contributed by atoms with E-state index in [1.165, 1.54) is 40.3 Å². The lowest BCUT2D eigenvalue weighted by molar-refractivity contribution is -0.130. The molecule has 2 aromatic carbocycles. The number of aryl methyl sites for hydroxylation is 1. The highest BCUT2D eigenvalue weighted by molar-refractivity contribution is 5.94. The van der Waals surface area contributed by atoms with E-state index in [9.17, 15) is 4.79 Å². The molecule has 1 spiro atoms. The number of benzene rings is 2. The van der Waals surface area contributed by atoms with Crippen LogP contribution in [-0.4, -0.2) is 5.78 Å². The maximum atomic E-state index is 13.0. The summed E-state index contributed by atoms with van der Waals surface area (Å²) in [6, 6.07) is 11.3. The maximum Gasteiger partial charge on any atom is 0.144 e. The van der Waals surface area contributed by atoms with Gasteiger partial charge in [0.25, 0.3) is 0 Å². The van der Waals surface area contributed by atoms with Crippen LogP contribution < -0.4 is 0 Å². The molecule has 1 saturated carbocycles. The van der Waals surface area contributed by atoms with E-state index in [4.69, 9.17) is 0 Å². The number of hydrogen-bond donors (Lipinski definition) is 0. The van der Waals surface area contributed by atoms with E-state index in [0.29, 0.717) is 24.0 Å². The summed E-state index contributed by atoms with van der Waals surface area (Å²) in [6.07, 6.45) is 10.9. The van der Waals surface area contributed by atoms with Crippen molar-refractivity contribution in [2.24, 2.45) is 17.3 Å². The Morgan fingerprint density at radius 1 is 1.17 bits per heavy atom. The maximum absolute atomic E-state index is 13.0. The minimum absolute atomic E-state index is 0.0835. The third-order valence-electron chi connectivity index (χ3n) is 6.73. The quantitative estimate of drug-likeness (QED) is 0.709. The van der Waals surface area contributed by atoms with Gasteiger partial charge < -0.3 is 0 Å². The summed E-state index contributed by atoms with van der Waals surface area (Å²) >= 11 is 0. The van der Waals surface area contributed by atoms with Gasteiger partial charge in [0.1, 0.15) is 5.78 Å². The average Bonchev–Trinajstić information content (AvgIpc) is 3.17. The SMILES string of the molecule is CCCc1cccc2cc3c(cc12)CC1(CC2C=CC1C2)C(=O)C3. The lowest BCUT2D eigenvalue weighted by Gasteiger charge is -2.38. The number of Topliss-reactive ketones (excluding diaryl/α,β-unsaturated/α-hetero) is 1. The molecule has 0 aromatic heterocycles. The van der Waals surface area contributed by atoms with Gasteiger partial charge in [0.2, 0.25) is 0 Å². The molecule has 3 unspecified atom stereocenters. The van der Waals surface area contributed by atoms with Crippen molar-refractivity contribution in [1.82, 2.24) is 0 Å². The Bertz CT molecular complexity index is 875. The smallest absolute Gasteiger partial charge is 0.144 e. The fourth-order valence-corrected chi connectivity index (χ4v) is 5.56. The van der Waals surface area contributed by atoms with Crippen molar-refractivity contribution in [3.05, 3.63) is 59.2 Å². The Morgan fingerprint density at radius 3 is 2.83 bits per heavy atom. The summed E-state index contributed by atoms with van der Waals surface area (Å²) in [5.74, 6) is 1.64. The molecule has 1 nitrogen and oxygen atoms in total. The van der Waals surface area contributed by atoms with Crippen LogP contribution in [0.3, 0.4) is 0 Å². The summed E-state index contributed by atoms with van der Waals surface area (Å²) in [5.41, 5.74) is 4.08. The van der Waals surface area contributed by atoms with Gasteiger partial charge in [-0.05, 0) is 65.0 Å². The highest BCUT2D eigenvalue weighted by atomic mass is 16.1. The number of hydrogen-bond acceptors (Lipinski definition) is 1. The largest absolute Gasteiger partial charge is 0.299 e. The summed E-state index contributed by atoms with van der Waals surface area (Å²) in [7, 11) is 0. The molecular weight excluding hydrogens is 292 g/mol. The van der Waals surface area contributed by atoms with E-state index in [2.05, 4.69) is 49.4 Å².